The highest BCUT2D eigenvalue weighted by atomic mass is 127. The van der Waals surface area contributed by atoms with Crippen LogP contribution in [-0.4, -0.2) is 62.9 Å². The van der Waals surface area contributed by atoms with Crippen molar-refractivity contribution < 1.29 is 44.1 Å². The summed E-state index contributed by atoms with van der Waals surface area (Å²) >= 11 is 1.97. The number of benzene rings is 2. The van der Waals surface area contributed by atoms with Crippen molar-refractivity contribution in [2.24, 2.45) is 5.16 Å². The highest BCUT2D eigenvalue weighted by molar-refractivity contribution is 14.1. The third-order valence-corrected chi connectivity index (χ3v) is 9.06. The lowest BCUT2D eigenvalue weighted by atomic mass is 9.76. The fourth-order valence-corrected chi connectivity index (χ4v) is 7.05. The molecule has 42 heavy (non-hydrogen) atoms. The highest BCUT2D eigenvalue weighted by Crippen LogP contribution is 2.58. The van der Waals surface area contributed by atoms with E-state index in [1.165, 1.54) is 6.21 Å². The second-order valence-electron chi connectivity index (χ2n) is 10.4. The summed E-state index contributed by atoms with van der Waals surface area (Å²) < 4.78 is 5.42. The number of phenols is 3. The van der Waals surface area contributed by atoms with Crippen molar-refractivity contribution in [3.05, 3.63) is 70.9 Å². The molecule has 4 N–H and O–H groups in total. The molecule has 12 nitrogen and oxygen atoms in total. The number of aromatic nitrogens is 1. The predicted octanol–water partition coefficient (Wildman–Crippen LogP) is 3.18. The third kappa shape index (κ3) is 3.39. The van der Waals surface area contributed by atoms with Crippen LogP contribution in [0.15, 0.2) is 27.9 Å². The standard InChI is InChI=1S/C29H21IN2O10/c1-9(2)42-31-8-10-6-12-15(28(40)32-10)25(37)20-11(21(12)30)4-5-29(20)26(38)18-19(27(29)39)24(36)17-16(23(18)35)13(33)7-14(41-3)22(17)34/h6-9,35-37H,4-5H2,1-3H3,(H,32,40)/b31-8+/t29-/m0/s1. The number of aromatic hydroxyl groups is 3. The first-order chi connectivity index (χ1) is 19.9. The molecule has 13 heteroatoms. The number of phenolic OH excluding ortho intramolecular Hbond substituents is 3. The van der Waals surface area contributed by atoms with E-state index in [0.717, 1.165) is 13.2 Å². The first kappa shape index (κ1) is 27.6. The Morgan fingerprint density at radius 2 is 1.64 bits per heavy atom. The molecule has 6 rings (SSSR count). The monoisotopic (exact) mass is 684 g/mol. The largest absolute Gasteiger partial charge is 0.507 e. The molecule has 0 radical (unpaired) electrons. The molecule has 1 heterocycles. The van der Waals surface area contributed by atoms with Crippen molar-refractivity contribution in [3.8, 4) is 17.2 Å². The van der Waals surface area contributed by atoms with Crippen LogP contribution in [0.3, 0.4) is 0 Å². The maximum atomic E-state index is 14.1. The van der Waals surface area contributed by atoms with Gasteiger partial charge < -0.3 is 29.9 Å². The lowest BCUT2D eigenvalue weighted by Crippen LogP contribution is -2.36. The Morgan fingerprint density at radius 3 is 2.26 bits per heavy atom. The number of H-pyrrole nitrogens is 1. The molecule has 0 bridgehead atoms. The first-order valence-corrected chi connectivity index (χ1v) is 13.8. The Bertz CT molecular complexity index is 1970. The van der Waals surface area contributed by atoms with Crippen molar-refractivity contribution in [1.29, 1.82) is 0 Å². The van der Waals surface area contributed by atoms with Crippen molar-refractivity contribution >= 4 is 62.7 Å². The summed E-state index contributed by atoms with van der Waals surface area (Å²) in [7, 11) is 1.14. The van der Waals surface area contributed by atoms with Gasteiger partial charge in [0, 0.05) is 20.6 Å². The normalized spacial score (nSPS) is 19.2. The summed E-state index contributed by atoms with van der Waals surface area (Å²) in [4.78, 5) is 75.0. The van der Waals surface area contributed by atoms with Crippen LogP contribution in [0.5, 0.6) is 17.2 Å². The van der Waals surface area contributed by atoms with E-state index in [-0.39, 0.29) is 35.6 Å². The van der Waals surface area contributed by atoms with E-state index in [1.807, 2.05) is 22.6 Å². The predicted molar refractivity (Wildman–Crippen MR) is 155 cm³/mol. The Morgan fingerprint density at radius 1 is 1.00 bits per heavy atom. The number of pyridine rings is 1. The molecule has 3 aromatic rings. The molecular weight excluding hydrogens is 663 g/mol. The molecule has 0 saturated heterocycles. The van der Waals surface area contributed by atoms with Crippen LogP contribution in [0.1, 0.15) is 78.5 Å². The molecule has 3 aliphatic rings. The molecule has 0 saturated carbocycles. The molecule has 1 atom stereocenters. The maximum absolute atomic E-state index is 14.1. The number of carbonyl (C=O) groups is 4. The number of carbonyl (C=O) groups excluding carboxylic acids is 4. The molecule has 3 aliphatic carbocycles. The molecule has 0 fully saturated rings. The van der Waals surface area contributed by atoms with E-state index in [2.05, 4.69) is 10.1 Å². The summed E-state index contributed by atoms with van der Waals surface area (Å²) in [5.74, 6) is -6.68. The molecule has 2 aromatic carbocycles. The van der Waals surface area contributed by atoms with Crippen molar-refractivity contribution in [2.45, 2.75) is 38.2 Å². The number of oxime groups is 1. The smallest absolute Gasteiger partial charge is 0.260 e. The topological polar surface area (TPSA) is 193 Å². The number of hydrogen-bond donors (Lipinski definition) is 4. The number of Topliss-reactive ketones (excluding diaryl/α,β-unsaturated/α-hetero) is 3. The van der Waals surface area contributed by atoms with Crippen LogP contribution in [0.4, 0.5) is 0 Å². The van der Waals surface area contributed by atoms with Gasteiger partial charge in [-0.1, -0.05) is 5.16 Å². The SMILES string of the molecule is COC1=CC(=O)c2c(O)c3c(c(O)c2C1=O)C(=O)[C@]1(CCc2c1c(O)c1c(=O)[nH]c(/C=N/OC(C)C)cc1c2I)C3=O. The number of allylic oxidation sites excluding steroid dienone is 2. The fraction of sp³-hybridized carbons (Fsp3) is 0.241. The number of aromatic amines is 1. The van der Waals surface area contributed by atoms with Crippen molar-refractivity contribution in [2.75, 3.05) is 7.11 Å². The van der Waals surface area contributed by atoms with Gasteiger partial charge in [0.2, 0.25) is 5.78 Å². The summed E-state index contributed by atoms with van der Waals surface area (Å²) in [5, 5.41) is 37.8. The summed E-state index contributed by atoms with van der Waals surface area (Å²) in [6.07, 6.45) is 1.91. The van der Waals surface area contributed by atoms with E-state index >= 15 is 0 Å². The van der Waals surface area contributed by atoms with Gasteiger partial charge in [0.15, 0.2) is 23.1 Å². The van der Waals surface area contributed by atoms with E-state index in [1.54, 1.807) is 19.9 Å². The molecule has 0 aliphatic heterocycles. The molecule has 1 aromatic heterocycles. The minimum Gasteiger partial charge on any atom is -0.507 e. The molecule has 0 amide bonds. The van der Waals surface area contributed by atoms with Crippen LogP contribution < -0.4 is 5.56 Å². The maximum Gasteiger partial charge on any atom is 0.260 e. The number of methoxy groups -OCH3 is 1. The summed E-state index contributed by atoms with van der Waals surface area (Å²) in [5.41, 5.74) is -4.78. The van der Waals surface area contributed by atoms with Gasteiger partial charge in [-0.2, -0.15) is 0 Å². The number of nitrogens with one attached hydrogen (secondary N) is 1. The zero-order valence-corrected chi connectivity index (χ0v) is 24.4. The fourth-order valence-electron chi connectivity index (χ4n) is 6.08. The number of fused-ring (bicyclic) bond motifs is 5. The third-order valence-electron chi connectivity index (χ3n) is 7.83. The number of ketones is 4. The minimum atomic E-state index is -2.12. The number of nitrogens with zero attached hydrogens (tertiary/aromatic N) is 1. The van der Waals surface area contributed by atoms with Gasteiger partial charge in [-0.3, -0.25) is 24.0 Å². The van der Waals surface area contributed by atoms with E-state index < -0.39 is 79.4 Å². The number of ether oxygens (including phenoxy) is 1. The van der Waals surface area contributed by atoms with Gasteiger partial charge in [0.05, 0.1) is 46.7 Å². The molecule has 214 valence electrons. The second kappa shape index (κ2) is 9.24. The van der Waals surface area contributed by atoms with Crippen LogP contribution in [0, 0.1) is 3.57 Å². The second-order valence-corrected chi connectivity index (χ2v) is 11.5. The summed E-state index contributed by atoms with van der Waals surface area (Å²) in [6, 6.07) is 1.58. The van der Waals surface area contributed by atoms with Gasteiger partial charge >= 0.3 is 0 Å². The average Bonchev–Trinajstić information content (AvgIpc) is 3.44. The lowest BCUT2D eigenvalue weighted by Gasteiger charge is -2.23. The number of halogens is 1. The molecule has 0 unspecified atom stereocenters. The van der Waals surface area contributed by atoms with Crippen LogP contribution >= 0.6 is 22.6 Å². The Kier molecular flexibility index (Phi) is 6.08. The number of hydrogen-bond acceptors (Lipinski definition) is 11. The van der Waals surface area contributed by atoms with Gasteiger partial charge in [0.1, 0.15) is 28.8 Å². The Hall–Kier alpha value is -4.53. The first-order valence-electron chi connectivity index (χ1n) is 12.7. The summed E-state index contributed by atoms with van der Waals surface area (Å²) in [6.45, 7) is 3.56. The Balaban J connectivity index is 1.59. The quantitative estimate of drug-likeness (QED) is 0.104. The van der Waals surface area contributed by atoms with Gasteiger partial charge in [0.25, 0.3) is 5.56 Å². The van der Waals surface area contributed by atoms with E-state index in [0.29, 0.717) is 14.5 Å². The van der Waals surface area contributed by atoms with Crippen molar-refractivity contribution in [1.82, 2.24) is 4.98 Å². The zero-order valence-electron chi connectivity index (χ0n) is 22.2. The minimum absolute atomic E-state index is 0.120. The van der Waals surface area contributed by atoms with Crippen LogP contribution in [0.25, 0.3) is 10.8 Å². The lowest BCUT2D eigenvalue weighted by molar-refractivity contribution is 0.0790. The van der Waals surface area contributed by atoms with Gasteiger partial charge in [-0.25, -0.2) is 0 Å². The Labute approximate surface area is 249 Å². The van der Waals surface area contributed by atoms with Crippen molar-refractivity contribution in [3.63, 3.8) is 0 Å². The number of rotatable bonds is 4. The van der Waals surface area contributed by atoms with E-state index in [4.69, 9.17) is 9.57 Å². The van der Waals surface area contributed by atoms with Crippen LogP contribution in [-0.2, 0) is 21.4 Å². The van der Waals surface area contributed by atoms with Crippen LogP contribution in [0.2, 0.25) is 0 Å². The average molecular weight is 684 g/mol. The zero-order chi connectivity index (χ0) is 30.4. The van der Waals surface area contributed by atoms with E-state index in [9.17, 15) is 39.3 Å². The van der Waals surface area contributed by atoms with Gasteiger partial charge in [-0.05, 0) is 60.9 Å². The van der Waals surface area contributed by atoms with Gasteiger partial charge in [-0.15, -0.1) is 0 Å². The molecular formula is C29H21IN2O10. The highest BCUT2D eigenvalue weighted by Gasteiger charge is 2.62. The molecule has 1 spiro atoms.